The van der Waals surface area contributed by atoms with Gasteiger partial charge in [0.2, 0.25) is 0 Å². The first-order valence-corrected chi connectivity index (χ1v) is 5.13. The van der Waals surface area contributed by atoms with E-state index in [1.165, 1.54) is 0 Å². The van der Waals surface area contributed by atoms with Gasteiger partial charge in [-0.15, -0.1) is 0 Å². The quantitative estimate of drug-likeness (QED) is 0.611. The van der Waals surface area contributed by atoms with E-state index in [0.717, 1.165) is 0 Å². The maximum Gasteiger partial charge on any atom is 0.190 e. The van der Waals surface area contributed by atoms with Gasteiger partial charge in [0, 0.05) is 11.3 Å². The number of Topliss-reactive ketones (excluding diaryl/α,β-unsaturated/α-hetero) is 1. The predicted octanol–water partition coefficient (Wildman–Crippen LogP) is 1.89. The first kappa shape index (κ1) is 12.5. The second-order valence-electron chi connectivity index (χ2n) is 3.74. The molecule has 0 unspecified atom stereocenters. The maximum absolute atomic E-state index is 11.8. The van der Waals surface area contributed by atoms with Crippen molar-refractivity contribution in [3.63, 3.8) is 0 Å². The molecule has 4 heteroatoms. The third-order valence-corrected chi connectivity index (χ3v) is 2.11. The number of anilines is 1. The van der Waals surface area contributed by atoms with Gasteiger partial charge in [0.05, 0.1) is 13.2 Å². The fourth-order valence-corrected chi connectivity index (χ4v) is 1.22. The molecule has 1 aromatic carbocycles. The maximum atomic E-state index is 11.8. The number of ether oxygens (including phenoxy) is 2. The van der Waals surface area contributed by atoms with Gasteiger partial charge in [-0.1, -0.05) is 0 Å². The summed E-state index contributed by atoms with van der Waals surface area (Å²) >= 11 is 0. The molecule has 0 bridgehead atoms. The van der Waals surface area contributed by atoms with Gasteiger partial charge >= 0.3 is 0 Å². The van der Waals surface area contributed by atoms with Crippen molar-refractivity contribution in [2.45, 2.75) is 20.0 Å². The molecule has 1 aromatic rings. The lowest BCUT2D eigenvalue weighted by Crippen LogP contribution is -2.15. The summed E-state index contributed by atoms with van der Waals surface area (Å²) in [4.78, 5) is 11.8. The first-order valence-electron chi connectivity index (χ1n) is 5.13. The van der Waals surface area contributed by atoms with Crippen LogP contribution < -0.4 is 10.5 Å². The molecule has 0 spiro atoms. The van der Waals surface area contributed by atoms with Crippen LogP contribution >= 0.6 is 0 Å². The predicted molar refractivity (Wildman–Crippen MR) is 62.8 cm³/mol. The Morgan fingerprint density at radius 1 is 1.44 bits per heavy atom. The van der Waals surface area contributed by atoms with Crippen molar-refractivity contribution in [1.29, 1.82) is 0 Å². The fraction of sp³-hybridized carbons (Fsp3) is 0.417. The molecule has 0 atom stereocenters. The van der Waals surface area contributed by atoms with E-state index in [4.69, 9.17) is 15.2 Å². The summed E-state index contributed by atoms with van der Waals surface area (Å²) < 4.78 is 10.3. The summed E-state index contributed by atoms with van der Waals surface area (Å²) in [6, 6.07) is 5.00. The number of carbonyl (C=O) groups excluding carboxylic acids is 1. The van der Waals surface area contributed by atoms with Crippen LogP contribution in [-0.4, -0.2) is 25.6 Å². The largest absolute Gasteiger partial charge is 0.497 e. The van der Waals surface area contributed by atoms with Crippen LogP contribution in [0.4, 0.5) is 5.69 Å². The summed E-state index contributed by atoms with van der Waals surface area (Å²) in [5, 5.41) is 0. The molecular formula is C12H17NO3. The number of ketones is 1. The van der Waals surface area contributed by atoms with Gasteiger partial charge in [-0.05, 0) is 32.0 Å². The molecule has 0 saturated carbocycles. The molecule has 0 saturated heterocycles. The zero-order chi connectivity index (χ0) is 12.1. The van der Waals surface area contributed by atoms with Gasteiger partial charge in [0.25, 0.3) is 0 Å². The standard InChI is InChI=1S/C12H17NO3/c1-8(2)16-7-12(14)10-6-9(15-3)4-5-11(10)13/h4-6,8H,7,13H2,1-3H3. The average Bonchev–Trinajstić information content (AvgIpc) is 2.26. The van der Waals surface area contributed by atoms with Crippen LogP contribution in [0.3, 0.4) is 0 Å². The van der Waals surface area contributed by atoms with Crippen molar-refractivity contribution < 1.29 is 14.3 Å². The molecule has 0 heterocycles. The third kappa shape index (κ3) is 3.24. The minimum atomic E-state index is -0.134. The number of nitrogen functional groups attached to an aromatic ring is 1. The zero-order valence-corrected chi connectivity index (χ0v) is 9.82. The zero-order valence-electron chi connectivity index (χ0n) is 9.82. The number of hydrogen-bond donors (Lipinski definition) is 1. The lowest BCUT2D eigenvalue weighted by Gasteiger charge is -2.09. The molecule has 88 valence electrons. The summed E-state index contributed by atoms with van der Waals surface area (Å²) in [7, 11) is 1.55. The van der Waals surface area contributed by atoms with Crippen molar-refractivity contribution in [2.75, 3.05) is 19.5 Å². The van der Waals surface area contributed by atoms with E-state index >= 15 is 0 Å². The highest BCUT2D eigenvalue weighted by Gasteiger charge is 2.11. The van der Waals surface area contributed by atoms with Crippen LogP contribution in [0.5, 0.6) is 5.75 Å². The van der Waals surface area contributed by atoms with E-state index < -0.39 is 0 Å². The van der Waals surface area contributed by atoms with Gasteiger partial charge in [-0.2, -0.15) is 0 Å². The minimum Gasteiger partial charge on any atom is -0.497 e. The number of nitrogens with two attached hydrogens (primary N) is 1. The van der Waals surface area contributed by atoms with E-state index in [2.05, 4.69) is 0 Å². The Balaban J connectivity index is 2.81. The smallest absolute Gasteiger partial charge is 0.190 e. The second-order valence-corrected chi connectivity index (χ2v) is 3.74. The van der Waals surface area contributed by atoms with Crippen LogP contribution in [0, 0.1) is 0 Å². The van der Waals surface area contributed by atoms with Gasteiger partial charge in [0.15, 0.2) is 5.78 Å². The molecule has 2 N–H and O–H groups in total. The van der Waals surface area contributed by atoms with E-state index in [1.807, 2.05) is 13.8 Å². The Morgan fingerprint density at radius 3 is 2.69 bits per heavy atom. The van der Waals surface area contributed by atoms with Gasteiger partial charge in [0.1, 0.15) is 12.4 Å². The number of carbonyl (C=O) groups is 1. The highest BCUT2D eigenvalue weighted by atomic mass is 16.5. The average molecular weight is 223 g/mol. The molecule has 0 amide bonds. The molecule has 16 heavy (non-hydrogen) atoms. The van der Waals surface area contributed by atoms with Gasteiger partial charge in [-0.25, -0.2) is 0 Å². The SMILES string of the molecule is COc1ccc(N)c(C(=O)COC(C)C)c1. The van der Waals surface area contributed by atoms with E-state index in [1.54, 1.807) is 25.3 Å². The van der Waals surface area contributed by atoms with Crippen LogP contribution in [0.2, 0.25) is 0 Å². The lowest BCUT2D eigenvalue weighted by molar-refractivity contribution is 0.0585. The van der Waals surface area contributed by atoms with Crippen molar-refractivity contribution >= 4 is 11.5 Å². The Bertz CT molecular complexity index is 375. The van der Waals surface area contributed by atoms with E-state index in [0.29, 0.717) is 17.0 Å². The summed E-state index contributed by atoms with van der Waals surface area (Å²) in [5.41, 5.74) is 6.61. The van der Waals surface area contributed by atoms with Gasteiger partial charge in [-0.3, -0.25) is 4.79 Å². The number of rotatable bonds is 5. The highest BCUT2D eigenvalue weighted by molar-refractivity contribution is 6.02. The molecular weight excluding hydrogens is 206 g/mol. The molecule has 0 aliphatic heterocycles. The Labute approximate surface area is 95.3 Å². The summed E-state index contributed by atoms with van der Waals surface area (Å²) in [6.07, 6.45) is 0.0239. The van der Waals surface area contributed by atoms with Crippen LogP contribution in [0.1, 0.15) is 24.2 Å². The van der Waals surface area contributed by atoms with Crippen LogP contribution in [0.25, 0.3) is 0 Å². The number of hydrogen-bond acceptors (Lipinski definition) is 4. The van der Waals surface area contributed by atoms with Crippen molar-refractivity contribution in [2.24, 2.45) is 0 Å². The molecule has 0 radical (unpaired) electrons. The molecule has 1 rings (SSSR count). The minimum absolute atomic E-state index is 0.0239. The summed E-state index contributed by atoms with van der Waals surface area (Å²) in [5.74, 6) is 0.479. The van der Waals surface area contributed by atoms with Gasteiger partial charge < -0.3 is 15.2 Å². The monoisotopic (exact) mass is 223 g/mol. The molecule has 0 aliphatic carbocycles. The first-order chi connectivity index (χ1) is 7.54. The Morgan fingerprint density at radius 2 is 2.12 bits per heavy atom. The summed E-state index contributed by atoms with van der Waals surface area (Å²) in [6.45, 7) is 3.79. The van der Waals surface area contributed by atoms with Crippen molar-refractivity contribution in [3.8, 4) is 5.75 Å². The van der Waals surface area contributed by atoms with E-state index in [-0.39, 0.29) is 18.5 Å². The Hall–Kier alpha value is -1.55. The molecule has 4 nitrogen and oxygen atoms in total. The van der Waals surface area contributed by atoms with Crippen molar-refractivity contribution in [3.05, 3.63) is 23.8 Å². The normalized spacial score (nSPS) is 10.5. The van der Waals surface area contributed by atoms with E-state index in [9.17, 15) is 4.79 Å². The topological polar surface area (TPSA) is 61.5 Å². The van der Waals surface area contributed by atoms with Crippen molar-refractivity contribution in [1.82, 2.24) is 0 Å². The number of benzene rings is 1. The fourth-order valence-electron chi connectivity index (χ4n) is 1.22. The van der Waals surface area contributed by atoms with Crippen LogP contribution in [0.15, 0.2) is 18.2 Å². The van der Waals surface area contributed by atoms with Crippen LogP contribution in [-0.2, 0) is 4.74 Å². The lowest BCUT2D eigenvalue weighted by atomic mass is 10.1. The number of methoxy groups -OCH3 is 1. The Kier molecular flexibility index (Phi) is 4.31. The molecule has 0 fully saturated rings. The molecule has 0 aliphatic rings. The second kappa shape index (κ2) is 5.51. The highest BCUT2D eigenvalue weighted by Crippen LogP contribution is 2.20. The molecule has 0 aromatic heterocycles. The third-order valence-electron chi connectivity index (χ3n) is 2.11.